The summed E-state index contributed by atoms with van der Waals surface area (Å²) < 4.78 is 49.1. The summed E-state index contributed by atoms with van der Waals surface area (Å²) in [6, 6.07) is 7.88. The van der Waals surface area contributed by atoms with E-state index in [2.05, 4.69) is 10.5 Å². The lowest BCUT2D eigenvalue weighted by Crippen LogP contribution is -2.16. The number of nitrogens with zero attached hydrogens (tertiary/aromatic N) is 1. The van der Waals surface area contributed by atoms with Gasteiger partial charge in [-0.05, 0) is 42.0 Å². The van der Waals surface area contributed by atoms with Crippen molar-refractivity contribution in [3.63, 3.8) is 0 Å². The van der Waals surface area contributed by atoms with E-state index in [4.69, 9.17) is 14.4 Å². The molecule has 1 aromatic heterocycles. The fourth-order valence-electron chi connectivity index (χ4n) is 2.60. The van der Waals surface area contributed by atoms with E-state index >= 15 is 0 Å². The van der Waals surface area contributed by atoms with Crippen molar-refractivity contribution in [3.05, 3.63) is 53.2 Å². The van der Waals surface area contributed by atoms with Gasteiger partial charge in [0.1, 0.15) is 11.4 Å². The number of carbonyl (C=O) groups is 1. The molecule has 27 heavy (non-hydrogen) atoms. The number of fused-ring (bicyclic) bond motifs is 1. The first kappa shape index (κ1) is 18.7. The van der Waals surface area contributed by atoms with Crippen LogP contribution < -0.4 is 10.1 Å². The number of aliphatic hydroxyl groups excluding tert-OH is 1. The van der Waals surface area contributed by atoms with Crippen LogP contribution in [0, 0.1) is 0 Å². The second-order valence-electron chi connectivity index (χ2n) is 5.79. The van der Waals surface area contributed by atoms with Crippen molar-refractivity contribution < 1.29 is 32.3 Å². The highest BCUT2D eigenvalue weighted by Crippen LogP contribution is 2.32. The molecule has 0 atom stereocenters. The van der Waals surface area contributed by atoms with Gasteiger partial charge in [-0.2, -0.15) is 13.2 Å². The topological polar surface area (TPSA) is 84.6 Å². The lowest BCUT2D eigenvalue weighted by atomic mass is 10.1. The molecule has 0 saturated carbocycles. The number of alkyl halides is 3. The number of ether oxygens (including phenoxy) is 1. The third-order valence-electron chi connectivity index (χ3n) is 3.87. The van der Waals surface area contributed by atoms with Crippen LogP contribution in [0.4, 0.5) is 18.9 Å². The molecule has 0 saturated heterocycles. The van der Waals surface area contributed by atoms with E-state index in [9.17, 15) is 18.0 Å². The molecule has 1 amide bonds. The van der Waals surface area contributed by atoms with Gasteiger partial charge in [0.15, 0.2) is 5.58 Å². The fourth-order valence-corrected chi connectivity index (χ4v) is 2.60. The summed E-state index contributed by atoms with van der Waals surface area (Å²) >= 11 is 0. The molecule has 2 aromatic carbocycles. The van der Waals surface area contributed by atoms with E-state index in [0.29, 0.717) is 22.4 Å². The number of methoxy groups -OCH3 is 1. The van der Waals surface area contributed by atoms with Gasteiger partial charge in [0.25, 0.3) is 0 Å². The SMILES string of the molecule is COc1ccc2onc(CC(=O)Nc3cc(CO)cc(C(F)(F)F)c3)c2c1. The number of aliphatic hydroxyl groups is 1. The zero-order valence-corrected chi connectivity index (χ0v) is 14.1. The molecule has 0 unspecified atom stereocenters. The molecule has 0 fully saturated rings. The standard InChI is InChI=1S/C18H15F3N2O4/c1-26-13-2-3-16-14(7-13)15(23-27-16)8-17(25)22-12-5-10(9-24)4-11(6-12)18(19,20)21/h2-7,24H,8-9H2,1H3,(H,22,25). The number of anilines is 1. The molecule has 6 nitrogen and oxygen atoms in total. The van der Waals surface area contributed by atoms with Gasteiger partial charge in [-0.3, -0.25) is 4.79 Å². The molecular formula is C18H15F3N2O4. The molecule has 0 radical (unpaired) electrons. The fraction of sp³-hybridized carbons (Fsp3) is 0.222. The van der Waals surface area contributed by atoms with Crippen LogP contribution >= 0.6 is 0 Å². The summed E-state index contributed by atoms with van der Waals surface area (Å²) in [4.78, 5) is 12.3. The number of benzene rings is 2. The van der Waals surface area contributed by atoms with Crippen LogP contribution in [-0.4, -0.2) is 23.3 Å². The van der Waals surface area contributed by atoms with E-state index in [0.717, 1.165) is 12.1 Å². The van der Waals surface area contributed by atoms with Gasteiger partial charge >= 0.3 is 6.18 Å². The van der Waals surface area contributed by atoms with Crippen LogP contribution in [0.3, 0.4) is 0 Å². The Morgan fingerprint density at radius 1 is 1.26 bits per heavy atom. The van der Waals surface area contributed by atoms with Gasteiger partial charge in [0.05, 0.1) is 25.7 Å². The van der Waals surface area contributed by atoms with Crippen LogP contribution in [0.15, 0.2) is 40.9 Å². The zero-order valence-electron chi connectivity index (χ0n) is 14.1. The maximum atomic E-state index is 12.9. The largest absolute Gasteiger partial charge is 0.497 e. The van der Waals surface area contributed by atoms with E-state index in [1.165, 1.54) is 13.2 Å². The zero-order chi connectivity index (χ0) is 19.6. The normalized spacial score (nSPS) is 11.6. The number of amides is 1. The first-order chi connectivity index (χ1) is 12.8. The predicted octanol–water partition coefficient (Wildman–Crippen LogP) is 3.53. The van der Waals surface area contributed by atoms with Gasteiger partial charge in [0.2, 0.25) is 5.91 Å². The van der Waals surface area contributed by atoms with Crippen LogP contribution in [0.25, 0.3) is 11.0 Å². The van der Waals surface area contributed by atoms with Gasteiger partial charge in [-0.1, -0.05) is 5.16 Å². The minimum Gasteiger partial charge on any atom is -0.497 e. The van der Waals surface area contributed by atoms with Crippen molar-refractivity contribution in [2.45, 2.75) is 19.2 Å². The van der Waals surface area contributed by atoms with Crippen molar-refractivity contribution in [3.8, 4) is 5.75 Å². The third-order valence-corrected chi connectivity index (χ3v) is 3.87. The molecule has 3 aromatic rings. The molecule has 3 rings (SSSR count). The Labute approximate surface area is 151 Å². The Kier molecular flexibility index (Phi) is 5.04. The van der Waals surface area contributed by atoms with E-state index in [-0.39, 0.29) is 17.7 Å². The Bertz CT molecular complexity index is 982. The second-order valence-corrected chi connectivity index (χ2v) is 5.79. The first-order valence-corrected chi connectivity index (χ1v) is 7.84. The first-order valence-electron chi connectivity index (χ1n) is 7.84. The minimum absolute atomic E-state index is 0.0387. The highest BCUT2D eigenvalue weighted by Gasteiger charge is 2.31. The molecular weight excluding hydrogens is 365 g/mol. The molecule has 0 aliphatic heterocycles. The van der Waals surface area contributed by atoms with E-state index in [1.807, 2.05) is 0 Å². The second kappa shape index (κ2) is 7.28. The predicted molar refractivity (Wildman–Crippen MR) is 90.3 cm³/mol. The Hall–Kier alpha value is -3.07. The molecule has 0 bridgehead atoms. The number of carbonyl (C=O) groups excluding carboxylic acids is 1. The summed E-state index contributed by atoms with van der Waals surface area (Å²) in [6.07, 6.45) is -4.80. The van der Waals surface area contributed by atoms with Crippen LogP contribution in [0.2, 0.25) is 0 Å². The number of hydrogen-bond donors (Lipinski definition) is 2. The van der Waals surface area contributed by atoms with E-state index in [1.54, 1.807) is 18.2 Å². The maximum Gasteiger partial charge on any atom is 0.416 e. The summed E-state index contributed by atoms with van der Waals surface area (Å²) in [5, 5.41) is 16.0. The van der Waals surface area contributed by atoms with Gasteiger partial charge in [-0.25, -0.2) is 0 Å². The highest BCUT2D eigenvalue weighted by molar-refractivity contribution is 5.95. The quantitative estimate of drug-likeness (QED) is 0.707. The molecule has 1 heterocycles. The summed E-state index contributed by atoms with van der Waals surface area (Å²) in [6.45, 7) is -0.583. The number of halogens is 3. The average molecular weight is 380 g/mol. The van der Waals surface area contributed by atoms with Crippen molar-refractivity contribution in [2.24, 2.45) is 0 Å². The van der Waals surface area contributed by atoms with Gasteiger partial charge < -0.3 is 19.7 Å². The molecule has 2 N–H and O–H groups in total. The highest BCUT2D eigenvalue weighted by atomic mass is 19.4. The molecule has 0 aliphatic carbocycles. The number of aromatic nitrogens is 1. The Morgan fingerprint density at radius 3 is 2.70 bits per heavy atom. The smallest absolute Gasteiger partial charge is 0.416 e. The Balaban J connectivity index is 1.82. The van der Waals surface area contributed by atoms with Crippen molar-refractivity contribution in [2.75, 3.05) is 12.4 Å². The summed E-state index contributed by atoms with van der Waals surface area (Å²) in [5.74, 6) is -0.0194. The minimum atomic E-state index is -4.59. The van der Waals surface area contributed by atoms with E-state index < -0.39 is 24.3 Å². The van der Waals surface area contributed by atoms with Crippen LogP contribution in [0.1, 0.15) is 16.8 Å². The maximum absolute atomic E-state index is 12.9. The van der Waals surface area contributed by atoms with Crippen LogP contribution in [0.5, 0.6) is 5.75 Å². The molecule has 142 valence electrons. The number of hydrogen-bond acceptors (Lipinski definition) is 5. The van der Waals surface area contributed by atoms with Crippen molar-refractivity contribution >= 4 is 22.6 Å². The molecule has 0 aliphatic rings. The van der Waals surface area contributed by atoms with Crippen LogP contribution in [-0.2, 0) is 24.0 Å². The average Bonchev–Trinajstić information content (AvgIpc) is 3.02. The lowest BCUT2D eigenvalue weighted by molar-refractivity contribution is -0.137. The molecule has 0 spiro atoms. The number of rotatable bonds is 5. The van der Waals surface area contributed by atoms with Gasteiger partial charge in [0, 0.05) is 11.1 Å². The van der Waals surface area contributed by atoms with Crippen molar-refractivity contribution in [1.29, 1.82) is 0 Å². The summed E-state index contributed by atoms with van der Waals surface area (Å²) in [5.41, 5.74) is -0.196. The van der Waals surface area contributed by atoms with Gasteiger partial charge in [-0.15, -0.1) is 0 Å². The summed E-state index contributed by atoms with van der Waals surface area (Å²) in [7, 11) is 1.49. The Morgan fingerprint density at radius 2 is 2.04 bits per heavy atom. The monoisotopic (exact) mass is 380 g/mol. The third kappa shape index (κ3) is 4.20. The number of nitrogens with one attached hydrogen (secondary N) is 1. The molecule has 9 heteroatoms. The lowest BCUT2D eigenvalue weighted by Gasteiger charge is -2.12. The van der Waals surface area contributed by atoms with Crippen molar-refractivity contribution in [1.82, 2.24) is 5.16 Å².